The van der Waals surface area contributed by atoms with Crippen LogP contribution >= 0.6 is 0 Å². The Labute approximate surface area is 119 Å². The molecule has 1 aliphatic rings. The Kier molecular flexibility index (Phi) is 3.08. The second-order valence-corrected chi connectivity index (χ2v) is 5.31. The maximum atomic E-state index is 8.92. The molecule has 1 heterocycles. The summed E-state index contributed by atoms with van der Waals surface area (Å²) in [6, 6.07) is 14.2. The van der Waals surface area contributed by atoms with Gasteiger partial charge in [0.05, 0.1) is 11.6 Å². The molecule has 100 valence electrons. The molecule has 0 radical (unpaired) electrons. The number of fused-ring (bicyclic) bond motifs is 1. The van der Waals surface area contributed by atoms with E-state index in [0.717, 1.165) is 30.8 Å². The number of rotatable bonds is 2. The van der Waals surface area contributed by atoms with E-state index in [1.807, 2.05) is 18.2 Å². The molecule has 3 rings (SSSR count). The standard InChI is InChI=1S/C17H17N3/c1-12-8-13(10-18)2-3-15(12)11-20-7-6-14-4-5-16(19)9-17(14)20/h2-5,8-9H,6-7,11,19H2,1H3. The van der Waals surface area contributed by atoms with Crippen molar-refractivity contribution in [2.75, 3.05) is 17.2 Å². The van der Waals surface area contributed by atoms with Gasteiger partial charge in [0, 0.05) is 24.5 Å². The Balaban J connectivity index is 1.88. The molecule has 0 amide bonds. The average molecular weight is 263 g/mol. The molecule has 3 heteroatoms. The first-order valence-electron chi connectivity index (χ1n) is 6.80. The molecule has 20 heavy (non-hydrogen) atoms. The summed E-state index contributed by atoms with van der Waals surface area (Å²) in [6.07, 6.45) is 1.07. The number of hydrogen-bond acceptors (Lipinski definition) is 3. The summed E-state index contributed by atoms with van der Waals surface area (Å²) < 4.78 is 0. The van der Waals surface area contributed by atoms with Crippen molar-refractivity contribution in [3.63, 3.8) is 0 Å². The quantitative estimate of drug-likeness (QED) is 0.847. The van der Waals surface area contributed by atoms with Gasteiger partial charge < -0.3 is 10.6 Å². The predicted molar refractivity (Wildman–Crippen MR) is 81.5 cm³/mol. The van der Waals surface area contributed by atoms with Crippen LogP contribution in [0.3, 0.4) is 0 Å². The van der Waals surface area contributed by atoms with Crippen LogP contribution in [0, 0.1) is 18.3 Å². The first-order valence-corrected chi connectivity index (χ1v) is 6.80. The van der Waals surface area contributed by atoms with Gasteiger partial charge in [0.15, 0.2) is 0 Å². The molecule has 0 atom stereocenters. The van der Waals surface area contributed by atoms with E-state index in [1.165, 1.54) is 22.4 Å². The molecule has 2 aromatic rings. The van der Waals surface area contributed by atoms with Gasteiger partial charge in [-0.25, -0.2) is 0 Å². The molecule has 0 spiro atoms. The number of nitriles is 1. The molecular weight excluding hydrogens is 246 g/mol. The van der Waals surface area contributed by atoms with Crippen LogP contribution in [0.1, 0.15) is 22.3 Å². The van der Waals surface area contributed by atoms with Crippen molar-refractivity contribution in [2.45, 2.75) is 19.9 Å². The van der Waals surface area contributed by atoms with Gasteiger partial charge in [-0.15, -0.1) is 0 Å². The van der Waals surface area contributed by atoms with E-state index in [9.17, 15) is 0 Å². The summed E-state index contributed by atoms with van der Waals surface area (Å²) in [5, 5.41) is 8.92. The fourth-order valence-electron chi connectivity index (χ4n) is 2.78. The zero-order valence-corrected chi connectivity index (χ0v) is 11.6. The van der Waals surface area contributed by atoms with Gasteiger partial charge in [-0.3, -0.25) is 0 Å². The van der Waals surface area contributed by atoms with Crippen LogP contribution in [0.4, 0.5) is 11.4 Å². The van der Waals surface area contributed by atoms with Crippen molar-refractivity contribution >= 4 is 11.4 Å². The first-order chi connectivity index (χ1) is 9.67. The molecule has 0 aliphatic carbocycles. The molecule has 0 fully saturated rings. The SMILES string of the molecule is Cc1cc(C#N)ccc1CN1CCc2ccc(N)cc21. The lowest BCUT2D eigenvalue weighted by Gasteiger charge is -2.21. The summed E-state index contributed by atoms with van der Waals surface area (Å²) in [7, 11) is 0. The minimum atomic E-state index is 0.720. The van der Waals surface area contributed by atoms with Gasteiger partial charge in [0.2, 0.25) is 0 Å². The van der Waals surface area contributed by atoms with E-state index in [-0.39, 0.29) is 0 Å². The monoisotopic (exact) mass is 263 g/mol. The van der Waals surface area contributed by atoms with Gasteiger partial charge in [-0.2, -0.15) is 5.26 Å². The van der Waals surface area contributed by atoms with E-state index in [1.54, 1.807) is 0 Å². The summed E-state index contributed by atoms with van der Waals surface area (Å²) in [5.41, 5.74) is 12.5. The van der Waals surface area contributed by atoms with Gasteiger partial charge >= 0.3 is 0 Å². The molecule has 2 aromatic carbocycles. The maximum absolute atomic E-state index is 8.92. The lowest BCUT2D eigenvalue weighted by molar-refractivity contribution is 0.831. The third-order valence-corrected chi connectivity index (χ3v) is 3.93. The molecule has 1 aliphatic heterocycles. The van der Waals surface area contributed by atoms with Crippen molar-refractivity contribution in [3.05, 3.63) is 58.7 Å². The summed E-state index contributed by atoms with van der Waals surface area (Å²) in [5.74, 6) is 0. The largest absolute Gasteiger partial charge is 0.399 e. The fourth-order valence-corrected chi connectivity index (χ4v) is 2.78. The van der Waals surface area contributed by atoms with E-state index in [2.05, 4.69) is 36.1 Å². The Morgan fingerprint density at radius 3 is 2.85 bits per heavy atom. The topological polar surface area (TPSA) is 53.0 Å². The highest BCUT2D eigenvalue weighted by molar-refractivity contribution is 5.64. The van der Waals surface area contributed by atoms with Crippen LogP contribution in [0.2, 0.25) is 0 Å². The lowest BCUT2D eigenvalue weighted by atomic mass is 10.1. The smallest absolute Gasteiger partial charge is 0.0991 e. The number of aryl methyl sites for hydroxylation is 1. The number of anilines is 2. The third kappa shape index (κ3) is 2.21. The van der Waals surface area contributed by atoms with Crippen LogP contribution in [0.5, 0.6) is 0 Å². The van der Waals surface area contributed by atoms with Crippen LogP contribution in [0.15, 0.2) is 36.4 Å². The fraction of sp³-hybridized carbons (Fsp3) is 0.235. The van der Waals surface area contributed by atoms with Crippen molar-refractivity contribution in [3.8, 4) is 6.07 Å². The number of nitrogen functional groups attached to an aromatic ring is 1. The Bertz CT molecular complexity index is 698. The highest BCUT2D eigenvalue weighted by Gasteiger charge is 2.19. The van der Waals surface area contributed by atoms with Gasteiger partial charge in [-0.05, 0) is 54.3 Å². The summed E-state index contributed by atoms with van der Waals surface area (Å²) in [4.78, 5) is 2.36. The highest BCUT2D eigenvalue weighted by Crippen LogP contribution is 2.31. The number of benzene rings is 2. The van der Waals surface area contributed by atoms with E-state index >= 15 is 0 Å². The van der Waals surface area contributed by atoms with Crippen LogP contribution in [0.25, 0.3) is 0 Å². The normalized spacial score (nSPS) is 13.1. The molecule has 0 aromatic heterocycles. The Hall–Kier alpha value is -2.47. The molecule has 0 saturated carbocycles. The molecular formula is C17H17N3. The summed E-state index contributed by atoms with van der Waals surface area (Å²) >= 11 is 0. The molecule has 2 N–H and O–H groups in total. The van der Waals surface area contributed by atoms with E-state index in [4.69, 9.17) is 11.0 Å². The van der Waals surface area contributed by atoms with Crippen molar-refractivity contribution in [1.82, 2.24) is 0 Å². The second kappa shape index (κ2) is 4.90. The van der Waals surface area contributed by atoms with Crippen molar-refractivity contribution in [1.29, 1.82) is 5.26 Å². The van der Waals surface area contributed by atoms with Crippen molar-refractivity contribution < 1.29 is 0 Å². The van der Waals surface area contributed by atoms with Crippen LogP contribution in [-0.4, -0.2) is 6.54 Å². The van der Waals surface area contributed by atoms with Gasteiger partial charge in [-0.1, -0.05) is 12.1 Å². The number of hydrogen-bond donors (Lipinski definition) is 1. The van der Waals surface area contributed by atoms with Crippen LogP contribution < -0.4 is 10.6 Å². The lowest BCUT2D eigenvalue weighted by Crippen LogP contribution is -2.20. The minimum absolute atomic E-state index is 0.720. The molecule has 3 nitrogen and oxygen atoms in total. The molecule has 0 saturated heterocycles. The Morgan fingerprint density at radius 2 is 2.10 bits per heavy atom. The van der Waals surface area contributed by atoms with Crippen molar-refractivity contribution in [2.24, 2.45) is 0 Å². The Morgan fingerprint density at radius 1 is 1.25 bits per heavy atom. The first kappa shape index (κ1) is 12.6. The summed E-state index contributed by atoms with van der Waals surface area (Å²) in [6.45, 7) is 3.96. The second-order valence-electron chi connectivity index (χ2n) is 5.31. The third-order valence-electron chi connectivity index (χ3n) is 3.93. The zero-order chi connectivity index (χ0) is 14.1. The molecule has 0 unspecified atom stereocenters. The van der Waals surface area contributed by atoms with Gasteiger partial charge in [0.1, 0.15) is 0 Å². The van der Waals surface area contributed by atoms with E-state index < -0.39 is 0 Å². The predicted octanol–water partition coefficient (Wildman–Crippen LogP) is 3.01. The minimum Gasteiger partial charge on any atom is -0.399 e. The zero-order valence-electron chi connectivity index (χ0n) is 11.6. The van der Waals surface area contributed by atoms with Gasteiger partial charge in [0.25, 0.3) is 0 Å². The highest BCUT2D eigenvalue weighted by atomic mass is 15.1. The molecule has 0 bridgehead atoms. The number of nitrogens with two attached hydrogens (primary N) is 1. The maximum Gasteiger partial charge on any atom is 0.0991 e. The average Bonchev–Trinajstić information content (AvgIpc) is 2.83. The number of nitrogens with zero attached hydrogens (tertiary/aromatic N) is 2. The van der Waals surface area contributed by atoms with E-state index in [0.29, 0.717) is 0 Å². The van der Waals surface area contributed by atoms with Crippen LogP contribution in [-0.2, 0) is 13.0 Å².